The van der Waals surface area contributed by atoms with Crippen molar-refractivity contribution < 1.29 is 14.3 Å². The van der Waals surface area contributed by atoms with E-state index < -0.39 is 18.2 Å². The molecule has 1 rings (SSSR count). The number of hydrogen-bond acceptors (Lipinski definition) is 1. The van der Waals surface area contributed by atoms with Crippen molar-refractivity contribution in [2.45, 2.75) is 18.6 Å². The van der Waals surface area contributed by atoms with Gasteiger partial charge in [-0.1, -0.05) is 0 Å². The molecule has 1 fully saturated rings. The zero-order valence-corrected chi connectivity index (χ0v) is 4.75. The van der Waals surface area contributed by atoms with Crippen molar-refractivity contribution in [3.63, 3.8) is 0 Å². The van der Waals surface area contributed by atoms with Gasteiger partial charge in [0.15, 0.2) is 0 Å². The van der Waals surface area contributed by atoms with Crippen molar-refractivity contribution in [2.75, 3.05) is 6.54 Å². The number of carbonyl (C=O) groups is 1. The molecule has 0 bridgehead atoms. The van der Waals surface area contributed by atoms with E-state index in [1.807, 2.05) is 0 Å². The van der Waals surface area contributed by atoms with Gasteiger partial charge in [-0.05, 0) is 12.5 Å². The summed E-state index contributed by atoms with van der Waals surface area (Å²) in [5, 5.41) is 11.8. The lowest BCUT2D eigenvalue weighted by molar-refractivity contribution is -0.137. The molecule has 2 atom stereocenters. The Kier molecular flexibility index (Phi) is 1.66. The van der Waals surface area contributed by atoms with Crippen LogP contribution in [0.15, 0.2) is 0 Å². The van der Waals surface area contributed by atoms with Crippen LogP contribution in [0.5, 0.6) is 0 Å². The molecule has 1 N–H and O–H groups in total. The van der Waals surface area contributed by atoms with Crippen LogP contribution in [0.3, 0.4) is 0 Å². The summed E-state index contributed by atoms with van der Waals surface area (Å²) in [6.07, 6.45) is -0.985. The summed E-state index contributed by atoms with van der Waals surface area (Å²) in [5.74, 6) is -1.02. The van der Waals surface area contributed by atoms with Crippen LogP contribution in [0.2, 0.25) is 0 Å². The second-order valence-electron chi connectivity index (χ2n) is 2.05. The SMILES string of the molecule is O=C(O)[C@@H]1C[C@@H](F)C[N-]1. The molecule has 3 nitrogen and oxygen atoms in total. The van der Waals surface area contributed by atoms with E-state index >= 15 is 0 Å². The smallest absolute Gasteiger partial charge is 0.285 e. The lowest BCUT2D eigenvalue weighted by Crippen LogP contribution is -2.15. The van der Waals surface area contributed by atoms with Gasteiger partial charge < -0.3 is 10.4 Å². The second-order valence-corrected chi connectivity index (χ2v) is 2.05. The maximum atomic E-state index is 12.2. The molecule has 1 saturated heterocycles. The summed E-state index contributed by atoms with van der Waals surface area (Å²) in [5.41, 5.74) is 0. The highest BCUT2D eigenvalue weighted by Crippen LogP contribution is 2.20. The molecule has 0 saturated carbocycles. The Balaban J connectivity index is 2.39. The summed E-state index contributed by atoms with van der Waals surface area (Å²) in [6, 6.07) is -0.792. The Morgan fingerprint density at radius 1 is 1.78 bits per heavy atom. The fourth-order valence-electron chi connectivity index (χ4n) is 0.812. The Morgan fingerprint density at radius 3 is 2.67 bits per heavy atom. The Morgan fingerprint density at radius 2 is 2.44 bits per heavy atom. The fraction of sp³-hybridized carbons (Fsp3) is 0.800. The van der Waals surface area contributed by atoms with Crippen LogP contribution in [0, 0.1) is 0 Å². The molecule has 4 heteroatoms. The highest BCUT2D eigenvalue weighted by Gasteiger charge is 2.18. The third kappa shape index (κ3) is 1.38. The third-order valence-electron chi connectivity index (χ3n) is 1.29. The van der Waals surface area contributed by atoms with E-state index in [0.717, 1.165) is 0 Å². The summed E-state index contributed by atoms with van der Waals surface area (Å²) < 4.78 is 12.2. The summed E-state index contributed by atoms with van der Waals surface area (Å²) in [6.45, 7) is 0.0525. The van der Waals surface area contributed by atoms with Gasteiger partial charge in [-0.3, -0.25) is 4.79 Å². The molecule has 0 amide bonds. The molecule has 0 aromatic rings. The first kappa shape index (κ1) is 6.48. The second kappa shape index (κ2) is 2.31. The minimum absolute atomic E-state index is 0.0509. The first-order chi connectivity index (χ1) is 4.20. The number of rotatable bonds is 1. The zero-order valence-electron chi connectivity index (χ0n) is 4.75. The highest BCUT2D eigenvalue weighted by molar-refractivity contribution is 5.77. The lowest BCUT2D eigenvalue weighted by Gasteiger charge is -2.14. The molecule has 0 aromatic heterocycles. The van der Waals surface area contributed by atoms with Crippen LogP contribution in [0.1, 0.15) is 6.42 Å². The van der Waals surface area contributed by atoms with E-state index in [-0.39, 0.29) is 13.0 Å². The molecule has 1 aliphatic heterocycles. The first-order valence-corrected chi connectivity index (χ1v) is 2.73. The van der Waals surface area contributed by atoms with E-state index in [1.165, 1.54) is 0 Å². The van der Waals surface area contributed by atoms with Gasteiger partial charge in [0.1, 0.15) is 0 Å². The molecule has 9 heavy (non-hydrogen) atoms. The normalized spacial score (nSPS) is 34.8. The standard InChI is InChI=1S/C5H7FNO2/c6-3-1-4(5(8)9)7-2-3/h3-4H,1-2H2,(H,8,9)/q-1/t3-,4+/m1/s1. The topological polar surface area (TPSA) is 51.4 Å². The summed E-state index contributed by atoms with van der Waals surface area (Å²) in [4.78, 5) is 10.1. The maximum absolute atomic E-state index is 12.2. The maximum Gasteiger partial charge on any atom is 0.285 e. The van der Waals surface area contributed by atoms with Crippen LogP contribution in [0.4, 0.5) is 4.39 Å². The monoisotopic (exact) mass is 132 g/mol. The van der Waals surface area contributed by atoms with Gasteiger partial charge in [-0.15, -0.1) is 6.54 Å². The molecule has 0 aliphatic carbocycles. The summed E-state index contributed by atoms with van der Waals surface area (Å²) >= 11 is 0. The van der Waals surface area contributed by atoms with Crippen LogP contribution in [0.25, 0.3) is 5.32 Å². The lowest BCUT2D eigenvalue weighted by atomic mass is 10.2. The van der Waals surface area contributed by atoms with Gasteiger partial charge in [0.2, 0.25) is 0 Å². The summed E-state index contributed by atoms with van der Waals surface area (Å²) in [7, 11) is 0. The van der Waals surface area contributed by atoms with Gasteiger partial charge in [0.25, 0.3) is 5.97 Å². The minimum atomic E-state index is -1.04. The molecular weight excluding hydrogens is 125 g/mol. The van der Waals surface area contributed by atoms with Crippen molar-refractivity contribution in [2.24, 2.45) is 0 Å². The van der Waals surface area contributed by atoms with Crippen molar-refractivity contribution in [1.82, 2.24) is 0 Å². The van der Waals surface area contributed by atoms with Crippen LogP contribution in [-0.4, -0.2) is 29.8 Å². The van der Waals surface area contributed by atoms with E-state index in [2.05, 4.69) is 5.32 Å². The quantitative estimate of drug-likeness (QED) is 0.566. The van der Waals surface area contributed by atoms with Crippen molar-refractivity contribution in [1.29, 1.82) is 0 Å². The molecule has 0 aromatic carbocycles. The number of hydrogen-bond donors (Lipinski definition) is 1. The predicted octanol–water partition coefficient (Wildman–Crippen LogP) is 0.555. The number of alkyl halides is 1. The third-order valence-corrected chi connectivity index (χ3v) is 1.29. The number of halogens is 1. The molecule has 0 radical (unpaired) electrons. The van der Waals surface area contributed by atoms with E-state index in [9.17, 15) is 9.18 Å². The molecular formula is C5H7FNO2-. The minimum Gasteiger partial charge on any atom is -0.648 e. The van der Waals surface area contributed by atoms with E-state index in [1.54, 1.807) is 0 Å². The highest BCUT2D eigenvalue weighted by atomic mass is 19.1. The zero-order chi connectivity index (χ0) is 6.85. The number of carboxylic acids is 1. The van der Waals surface area contributed by atoms with E-state index in [0.29, 0.717) is 0 Å². The van der Waals surface area contributed by atoms with Crippen molar-refractivity contribution in [3.8, 4) is 0 Å². The number of nitrogens with zero attached hydrogens (tertiary/aromatic N) is 1. The molecule has 1 aliphatic rings. The van der Waals surface area contributed by atoms with E-state index in [4.69, 9.17) is 5.11 Å². The van der Waals surface area contributed by atoms with Crippen molar-refractivity contribution >= 4 is 5.97 Å². The van der Waals surface area contributed by atoms with Gasteiger partial charge >= 0.3 is 0 Å². The van der Waals surface area contributed by atoms with Gasteiger partial charge in [-0.2, -0.15) is 0 Å². The van der Waals surface area contributed by atoms with Gasteiger partial charge in [0.05, 0.1) is 6.17 Å². The number of aliphatic carboxylic acids is 1. The molecule has 0 unspecified atom stereocenters. The fourth-order valence-corrected chi connectivity index (χ4v) is 0.812. The Bertz CT molecular complexity index is 128. The van der Waals surface area contributed by atoms with Crippen LogP contribution < -0.4 is 0 Å². The number of carboxylic acid groups (broad SMARTS) is 1. The Labute approximate surface area is 51.9 Å². The average Bonchev–Trinajstić information content (AvgIpc) is 2.14. The van der Waals surface area contributed by atoms with Crippen molar-refractivity contribution in [3.05, 3.63) is 5.32 Å². The molecule has 52 valence electrons. The molecule has 0 spiro atoms. The van der Waals surface area contributed by atoms with Crippen LogP contribution in [-0.2, 0) is 4.79 Å². The predicted molar refractivity (Wildman–Crippen MR) is 29.2 cm³/mol. The Hall–Kier alpha value is -0.640. The average molecular weight is 132 g/mol. The largest absolute Gasteiger partial charge is 0.648 e. The molecule has 1 heterocycles. The van der Waals surface area contributed by atoms with Gasteiger partial charge in [0, 0.05) is 0 Å². The first-order valence-electron chi connectivity index (χ1n) is 2.73. The van der Waals surface area contributed by atoms with Crippen LogP contribution >= 0.6 is 0 Å². The van der Waals surface area contributed by atoms with Gasteiger partial charge in [-0.25, -0.2) is 4.39 Å².